The molecule has 6 nitrogen and oxygen atoms in total. The van der Waals surface area contributed by atoms with Crippen LogP contribution in [0.4, 0.5) is 13.2 Å². The van der Waals surface area contributed by atoms with Gasteiger partial charge < -0.3 is 14.9 Å². The monoisotopic (exact) mass is 383 g/mol. The molecule has 1 saturated heterocycles. The number of piperidine rings is 1. The number of carbonyl (C=O) groups is 2. The van der Waals surface area contributed by atoms with Gasteiger partial charge in [-0.1, -0.05) is 6.92 Å². The minimum absolute atomic E-state index is 0.0155. The van der Waals surface area contributed by atoms with Crippen LogP contribution in [-0.2, 0) is 4.79 Å². The van der Waals surface area contributed by atoms with Crippen molar-refractivity contribution in [3.8, 4) is 6.07 Å². The average molecular weight is 383 g/mol. The summed E-state index contributed by atoms with van der Waals surface area (Å²) in [5, 5.41) is 18.0. The Morgan fingerprint density at radius 3 is 2.41 bits per heavy atom. The van der Waals surface area contributed by atoms with Gasteiger partial charge >= 0.3 is 6.18 Å². The summed E-state index contributed by atoms with van der Waals surface area (Å²) in [6.45, 7) is 1.78. The fraction of sp³-hybridized carbons (Fsp3) is 0.500. The zero-order chi connectivity index (χ0) is 20.4. The number of carbonyl (C=O) groups excluding carboxylic acids is 2. The highest BCUT2D eigenvalue weighted by molar-refractivity contribution is 5.94. The molecule has 1 aliphatic heterocycles. The Labute approximate surface area is 154 Å². The number of halogens is 3. The van der Waals surface area contributed by atoms with Gasteiger partial charge in [0.1, 0.15) is 0 Å². The van der Waals surface area contributed by atoms with Gasteiger partial charge in [0, 0.05) is 31.7 Å². The number of nitriles is 1. The van der Waals surface area contributed by atoms with E-state index >= 15 is 0 Å². The maximum absolute atomic E-state index is 12.6. The molecule has 1 aliphatic rings. The van der Waals surface area contributed by atoms with Crippen LogP contribution in [0.1, 0.15) is 29.3 Å². The maximum Gasteiger partial charge on any atom is 0.423 e. The Bertz CT molecular complexity index is 743. The van der Waals surface area contributed by atoms with E-state index in [2.05, 4.69) is 0 Å². The third kappa shape index (κ3) is 4.57. The zero-order valence-corrected chi connectivity index (χ0v) is 14.9. The summed E-state index contributed by atoms with van der Waals surface area (Å²) in [5.41, 5.74) is 0.826. The van der Waals surface area contributed by atoms with Gasteiger partial charge in [0.25, 0.3) is 11.8 Å². The summed E-state index contributed by atoms with van der Waals surface area (Å²) in [6, 6.07) is 7.85. The smallest absolute Gasteiger partial charge is 0.376 e. The lowest BCUT2D eigenvalue weighted by Gasteiger charge is -2.41. The fourth-order valence-corrected chi connectivity index (χ4v) is 3.26. The van der Waals surface area contributed by atoms with E-state index in [0.717, 1.165) is 4.90 Å². The summed E-state index contributed by atoms with van der Waals surface area (Å²) in [4.78, 5) is 26.9. The maximum atomic E-state index is 12.6. The van der Waals surface area contributed by atoms with Crippen LogP contribution in [0.5, 0.6) is 0 Å². The second-order valence-electron chi connectivity index (χ2n) is 6.67. The molecule has 146 valence electrons. The first-order valence-electron chi connectivity index (χ1n) is 8.37. The number of aliphatic hydroxyl groups excluding tert-OH is 1. The highest BCUT2D eigenvalue weighted by Gasteiger charge is 2.46. The molecule has 1 aromatic rings. The lowest BCUT2D eigenvalue weighted by atomic mass is 9.91. The molecule has 0 bridgehead atoms. The summed E-state index contributed by atoms with van der Waals surface area (Å²) >= 11 is 0. The molecule has 1 aromatic carbocycles. The van der Waals surface area contributed by atoms with Crippen LogP contribution in [-0.4, -0.2) is 65.2 Å². The molecule has 2 unspecified atom stereocenters. The number of hydrogen-bond donors (Lipinski definition) is 1. The highest BCUT2D eigenvalue weighted by atomic mass is 19.4. The van der Waals surface area contributed by atoms with Crippen LogP contribution in [0.25, 0.3) is 0 Å². The first-order valence-corrected chi connectivity index (χ1v) is 8.37. The number of nitrogens with zero attached hydrogens (tertiary/aromatic N) is 3. The lowest BCUT2D eigenvalue weighted by molar-refractivity contribution is -0.211. The van der Waals surface area contributed by atoms with E-state index in [-0.39, 0.29) is 31.0 Å². The Morgan fingerprint density at radius 1 is 1.33 bits per heavy atom. The van der Waals surface area contributed by atoms with Crippen LogP contribution in [0.15, 0.2) is 24.3 Å². The van der Waals surface area contributed by atoms with Crippen molar-refractivity contribution in [2.45, 2.75) is 31.7 Å². The van der Waals surface area contributed by atoms with E-state index in [0.29, 0.717) is 17.5 Å². The number of alkyl halides is 3. The molecule has 0 aromatic heterocycles. The van der Waals surface area contributed by atoms with Crippen molar-refractivity contribution < 1.29 is 27.9 Å². The Balaban J connectivity index is 2.03. The first kappa shape index (κ1) is 20.7. The van der Waals surface area contributed by atoms with Crippen LogP contribution >= 0.6 is 0 Å². The topological polar surface area (TPSA) is 84.6 Å². The quantitative estimate of drug-likeness (QED) is 0.863. The molecular weight excluding hydrogens is 363 g/mol. The second kappa shape index (κ2) is 7.96. The minimum atomic E-state index is -5.00. The molecule has 0 saturated carbocycles. The predicted octanol–water partition coefficient (Wildman–Crippen LogP) is 1.79. The predicted molar refractivity (Wildman–Crippen MR) is 89.5 cm³/mol. The van der Waals surface area contributed by atoms with Crippen molar-refractivity contribution >= 4 is 11.8 Å². The summed E-state index contributed by atoms with van der Waals surface area (Å²) in [6.07, 6.45) is -7.73. The van der Waals surface area contributed by atoms with E-state index in [9.17, 15) is 22.8 Å². The molecule has 0 radical (unpaired) electrons. The van der Waals surface area contributed by atoms with Gasteiger partial charge in [0.15, 0.2) is 0 Å². The molecule has 1 heterocycles. The average Bonchev–Trinajstić information content (AvgIpc) is 2.64. The van der Waals surface area contributed by atoms with Gasteiger partial charge in [-0.05, 0) is 36.6 Å². The van der Waals surface area contributed by atoms with Gasteiger partial charge in [-0.25, -0.2) is 0 Å². The number of benzene rings is 1. The molecule has 0 spiro atoms. The normalized spacial score (nSPS) is 21.3. The fourth-order valence-electron chi connectivity index (χ4n) is 3.26. The first-order chi connectivity index (χ1) is 12.6. The van der Waals surface area contributed by atoms with Crippen molar-refractivity contribution in [2.75, 3.05) is 20.1 Å². The number of rotatable bonds is 3. The van der Waals surface area contributed by atoms with Gasteiger partial charge in [-0.15, -0.1) is 0 Å². The summed E-state index contributed by atoms with van der Waals surface area (Å²) < 4.78 is 37.6. The number of aliphatic hydroxyl groups is 1. The van der Waals surface area contributed by atoms with Crippen molar-refractivity contribution in [3.05, 3.63) is 35.4 Å². The third-order valence-electron chi connectivity index (χ3n) is 4.79. The molecule has 3 atom stereocenters. The molecular formula is C18H20F3N3O3. The van der Waals surface area contributed by atoms with E-state index in [1.165, 1.54) is 17.0 Å². The van der Waals surface area contributed by atoms with Gasteiger partial charge in [-0.2, -0.15) is 18.4 Å². The molecule has 9 heteroatoms. The largest absolute Gasteiger partial charge is 0.423 e. The SMILES string of the molecule is CC1CN(C(=O)[C@@H](O)C(F)(F)F)CCC1N(C)C(=O)c1ccc(C#N)cc1. The van der Waals surface area contributed by atoms with E-state index in [1.807, 2.05) is 6.07 Å². The standard InChI is InChI=1S/C18H20F3N3O3/c1-11-10-24(17(27)15(25)18(19,20)21)8-7-14(11)23(2)16(26)13-5-3-12(9-22)4-6-13/h3-6,11,14-15,25H,7-8,10H2,1-2H3/t11?,14?,15-/m1/s1. The van der Waals surface area contributed by atoms with E-state index in [4.69, 9.17) is 10.4 Å². The molecule has 2 rings (SSSR count). The van der Waals surface area contributed by atoms with Crippen LogP contribution < -0.4 is 0 Å². The van der Waals surface area contributed by atoms with E-state index < -0.39 is 18.2 Å². The van der Waals surface area contributed by atoms with Crippen LogP contribution in [0.3, 0.4) is 0 Å². The second-order valence-corrected chi connectivity index (χ2v) is 6.67. The van der Waals surface area contributed by atoms with Crippen molar-refractivity contribution in [1.29, 1.82) is 5.26 Å². The number of amides is 2. The van der Waals surface area contributed by atoms with Crippen molar-refractivity contribution in [3.63, 3.8) is 0 Å². The van der Waals surface area contributed by atoms with Crippen molar-refractivity contribution in [1.82, 2.24) is 9.80 Å². The summed E-state index contributed by atoms with van der Waals surface area (Å²) in [5.74, 6) is -1.91. The Morgan fingerprint density at radius 2 is 1.93 bits per heavy atom. The van der Waals surface area contributed by atoms with Crippen LogP contribution in [0.2, 0.25) is 0 Å². The van der Waals surface area contributed by atoms with Crippen molar-refractivity contribution in [2.24, 2.45) is 5.92 Å². The van der Waals surface area contributed by atoms with E-state index in [1.54, 1.807) is 26.1 Å². The molecule has 1 N–H and O–H groups in total. The molecule has 0 aliphatic carbocycles. The third-order valence-corrected chi connectivity index (χ3v) is 4.79. The number of hydrogen-bond acceptors (Lipinski definition) is 4. The van der Waals surface area contributed by atoms with Gasteiger partial charge in [0.2, 0.25) is 6.10 Å². The lowest BCUT2D eigenvalue weighted by Crippen LogP contribution is -2.55. The minimum Gasteiger partial charge on any atom is -0.376 e. The van der Waals surface area contributed by atoms with Gasteiger partial charge in [-0.3, -0.25) is 9.59 Å². The molecule has 1 fully saturated rings. The Hall–Kier alpha value is -2.60. The molecule has 27 heavy (non-hydrogen) atoms. The van der Waals surface area contributed by atoms with Gasteiger partial charge in [0.05, 0.1) is 11.6 Å². The Kier molecular flexibility index (Phi) is 6.11. The highest BCUT2D eigenvalue weighted by Crippen LogP contribution is 2.26. The van der Waals surface area contributed by atoms with Crippen LogP contribution in [0, 0.1) is 17.2 Å². The molecule has 2 amide bonds. The number of likely N-dealkylation sites (tertiary alicyclic amines) is 1. The summed E-state index contributed by atoms with van der Waals surface area (Å²) in [7, 11) is 1.60. The zero-order valence-electron chi connectivity index (χ0n) is 14.9.